The molecule has 0 aliphatic carbocycles. The van der Waals surface area contributed by atoms with Gasteiger partial charge in [0.25, 0.3) is 0 Å². The number of amides is 1. The molecule has 0 radical (unpaired) electrons. The number of hydrogen-bond acceptors (Lipinski definition) is 4. The summed E-state index contributed by atoms with van der Waals surface area (Å²) in [4.78, 5) is 26.9. The van der Waals surface area contributed by atoms with Crippen molar-refractivity contribution in [3.63, 3.8) is 0 Å². The highest BCUT2D eigenvalue weighted by molar-refractivity contribution is 5.79. The van der Waals surface area contributed by atoms with E-state index in [0.717, 1.165) is 39.3 Å². The fourth-order valence-electron chi connectivity index (χ4n) is 2.82. The standard InChI is InChI=1S/C13H23N3O3/c1-10-8-14-9-11(10)13(19)16-6-4-15(5-7-16)3-2-12(17)18/h10-11,14H,2-9H2,1H3,(H,17,18). The van der Waals surface area contributed by atoms with Gasteiger partial charge in [0.15, 0.2) is 0 Å². The highest BCUT2D eigenvalue weighted by Crippen LogP contribution is 2.19. The van der Waals surface area contributed by atoms with Gasteiger partial charge in [0, 0.05) is 39.3 Å². The van der Waals surface area contributed by atoms with Gasteiger partial charge in [-0.25, -0.2) is 0 Å². The van der Waals surface area contributed by atoms with E-state index in [4.69, 9.17) is 5.11 Å². The number of nitrogens with one attached hydrogen (secondary N) is 1. The lowest BCUT2D eigenvalue weighted by atomic mass is 9.96. The fraction of sp³-hybridized carbons (Fsp3) is 0.846. The van der Waals surface area contributed by atoms with Crippen LogP contribution in [0.5, 0.6) is 0 Å². The van der Waals surface area contributed by atoms with Crippen LogP contribution in [0.4, 0.5) is 0 Å². The zero-order chi connectivity index (χ0) is 13.8. The number of carbonyl (C=O) groups excluding carboxylic acids is 1. The van der Waals surface area contributed by atoms with Crippen molar-refractivity contribution in [2.75, 3.05) is 45.8 Å². The predicted octanol–water partition coefficient (Wildman–Crippen LogP) is -0.539. The molecule has 0 spiro atoms. The van der Waals surface area contributed by atoms with Gasteiger partial charge in [-0.05, 0) is 12.5 Å². The largest absolute Gasteiger partial charge is 0.481 e. The van der Waals surface area contributed by atoms with Gasteiger partial charge >= 0.3 is 5.97 Å². The van der Waals surface area contributed by atoms with E-state index in [0.29, 0.717) is 12.5 Å². The molecule has 0 saturated carbocycles. The topological polar surface area (TPSA) is 72.9 Å². The molecule has 2 heterocycles. The Morgan fingerprint density at radius 1 is 1.21 bits per heavy atom. The minimum Gasteiger partial charge on any atom is -0.481 e. The third-order valence-electron chi connectivity index (χ3n) is 4.16. The third-order valence-corrected chi connectivity index (χ3v) is 4.16. The van der Waals surface area contributed by atoms with Crippen LogP contribution in [0, 0.1) is 11.8 Å². The summed E-state index contributed by atoms with van der Waals surface area (Å²) in [6, 6.07) is 0. The van der Waals surface area contributed by atoms with Crippen LogP contribution >= 0.6 is 0 Å². The zero-order valence-corrected chi connectivity index (χ0v) is 11.5. The van der Waals surface area contributed by atoms with Gasteiger partial charge in [-0.3, -0.25) is 14.5 Å². The van der Waals surface area contributed by atoms with Crippen molar-refractivity contribution in [1.29, 1.82) is 0 Å². The molecule has 2 saturated heterocycles. The first kappa shape index (κ1) is 14.3. The first-order chi connectivity index (χ1) is 9.08. The van der Waals surface area contributed by atoms with Crippen molar-refractivity contribution in [3.8, 4) is 0 Å². The van der Waals surface area contributed by atoms with Gasteiger partial charge in [0.05, 0.1) is 12.3 Å². The summed E-state index contributed by atoms with van der Waals surface area (Å²) in [5, 5.41) is 11.9. The van der Waals surface area contributed by atoms with Crippen molar-refractivity contribution < 1.29 is 14.7 Å². The van der Waals surface area contributed by atoms with E-state index >= 15 is 0 Å². The van der Waals surface area contributed by atoms with Crippen LogP contribution in [0.2, 0.25) is 0 Å². The molecule has 6 nitrogen and oxygen atoms in total. The molecule has 1 amide bonds. The summed E-state index contributed by atoms with van der Waals surface area (Å²) >= 11 is 0. The van der Waals surface area contributed by atoms with Gasteiger partial charge in [-0.1, -0.05) is 6.92 Å². The maximum absolute atomic E-state index is 12.4. The van der Waals surface area contributed by atoms with Crippen LogP contribution in [0.3, 0.4) is 0 Å². The van der Waals surface area contributed by atoms with Crippen molar-refractivity contribution in [3.05, 3.63) is 0 Å². The van der Waals surface area contributed by atoms with Crippen LogP contribution in [0.1, 0.15) is 13.3 Å². The predicted molar refractivity (Wildman–Crippen MR) is 70.8 cm³/mol. The number of rotatable bonds is 4. The summed E-state index contributed by atoms with van der Waals surface area (Å²) < 4.78 is 0. The number of nitrogens with zero attached hydrogens (tertiary/aromatic N) is 2. The lowest BCUT2D eigenvalue weighted by Gasteiger charge is -2.36. The van der Waals surface area contributed by atoms with Crippen molar-refractivity contribution in [2.45, 2.75) is 13.3 Å². The van der Waals surface area contributed by atoms with E-state index in [-0.39, 0.29) is 18.2 Å². The van der Waals surface area contributed by atoms with E-state index in [2.05, 4.69) is 17.1 Å². The highest BCUT2D eigenvalue weighted by atomic mass is 16.4. The third kappa shape index (κ3) is 3.67. The van der Waals surface area contributed by atoms with Crippen molar-refractivity contribution in [1.82, 2.24) is 15.1 Å². The van der Waals surface area contributed by atoms with Gasteiger partial charge in [-0.2, -0.15) is 0 Å². The second-order valence-electron chi connectivity index (χ2n) is 5.55. The molecule has 2 unspecified atom stereocenters. The maximum atomic E-state index is 12.4. The second-order valence-corrected chi connectivity index (χ2v) is 5.55. The maximum Gasteiger partial charge on any atom is 0.304 e. The smallest absolute Gasteiger partial charge is 0.304 e. The van der Waals surface area contributed by atoms with E-state index in [1.54, 1.807) is 0 Å². The van der Waals surface area contributed by atoms with Crippen molar-refractivity contribution in [2.24, 2.45) is 11.8 Å². The van der Waals surface area contributed by atoms with E-state index in [1.807, 2.05) is 4.90 Å². The summed E-state index contributed by atoms with van der Waals surface area (Å²) in [6.45, 7) is 7.43. The van der Waals surface area contributed by atoms with Gasteiger partial charge in [0.2, 0.25) is 5.91 Å². The molecule has 2 fully saturated rings. The molecule has 0 bridgehead atoms. The number of carbonyl (C=O) groups is 2. The first-order valence-corrected chi connectivity index (χ1v) is 7.01. The Labute approximate surface area is 113 Å². The van der Waals surface area contributed by atoms with Gasteiger partial charge < -0.3 is 15.3 Å². The Morgan fingerprint density at radius 2 is 1.89 bits per heavy atom. The Hall–Kier alpha value is -1.14. The molecule has 0 aromatic carbocycles. The molecule has 2 atom stereocenters. The molecular formula is C13H23N3O3. The van der Waals surface area contributed by atoms with E-state index in [1.165, 1.54) is 0 Å². The minimum absolute atomic E-state index is 0.116. The number of piperazine rings is 1. The van der Waals surface area contributed by atoms with Crippen LogP contribution in [0.15, 0.2) is 0 Å². The zero-order valence-electron chi connectivity index (χ0n) is 11.5. The molecule has 2 aliphatic heterocycles. The average Bonchev–Trinajstić information content (AvgIpc) is 2.82. The molecule has 19 heavy (non-hydrogen) atoms. The quantitative estimate of drug-likeness (QED) is 0.717. The Balaban J connectivity index is 1.76. The molecule has 0 aromatic rings. The number of carboxylic acid groups (broad SMARTS) is 1. The molecular weight excluding hydrogens is 246 g/mol. The number of aliphatic carboxylic acids is 1. The first-order valence-electron chi connectivity index (χ1n) is 7.01. The lowest BCUT2D eigenvalue weighted by Crippen LogP contribution is -2.51. The van der Waals surface area contributed by atoms with E-state index < -0.39 is 5.97 Å². The molecule has 2 N–H and O–H groups in total. The van der Waals surface area contributed by atoms with Crippen LogP contribution in [-0.2, 0) is 9.59 Å². The Kier molecular flexibility index (Phi) is 4.76. The summed E-state index contributed by atoms with van der Waals surface area (Å²) in [5.41, 5.74) is 0. The van der Waals surface area contributed by atoms with Gasteiger partial charge in [-0.15, -0.1) is 0 Å². The highest BCUT2D eigenvalue weighted by Gasteiger charge is 2.33. The van der Waals surface area contributed by atoms with Crippen LogP contribution in [0.25, 0.3) is 0 Å². The monoisotopic (exact) mass is 269 g/mol. The molecule has 2 aliphatic rings. The molecule has 2 rings (SSSR count). The molecule has 6 heteroatoms. The Bertz CT molecular complexity index is 340. The summed E-state index contributed by atoms with van der Waals surface area (Å²) in [5.74, 6) is 0.0304. The van der Waals surface area contributed by atoms with E-state index in [9.17, 15) is 9.59 Å². The van der Waals surface area contributed by atoms with Crippen LogP contribution < -0.4 is 5.32 Å². The van der Waals surface area contributed by atoms with Crippen LogP contribution in [-0.4, -0.2) is 72.6 Å². The van der Waals surface area contributed by atoms with Gasteiger partial charge in [0.1, 0.15) is 0 Å². The molecule has 108 valence electrons. The minimum atomic E-state index is -0.760. The summed E-state index contributed by atoms with van der Waals surface area (Å²) in [7, 11) is 0. The average molecular weight is 269 g/mol. The van der Waals surface area contributed by atoms with Crippen molar-refractivity contribution >= 4 is 11.9 Å². The fourth-order valence-corrected chi connectivity index (χ4v) is 2.82. The Morgan fingerprint density at radius 3 is 2.42 bits per heavy atom. The second kappa shape index (κ2) is 6.34. The summed E-state index contributed by atoms with van der Waals surface area (Å²) in [6.07, 6.45) is 0.178. The SMILES string of the molecule is CC1CNCC1C(=O)N1CCN(CCC(=O)O)CC1. The molecule has 0 aromatic heterocycles. The number of hydrogen-bond donors (Lipinski definition) is 2. The normalized spacial score (nSPS) is 28.6. The lowest BCUT2D eigenvalue weighted by molar-refractivity contribution is -0.140. The number of carboxylic acids is 1.